The van der Waals surface area contributed by atoms with Crippen LogP contribution in [0.15, 0.2) is 18.2 Å². The summed E-state index contributed by atoms with van der Waals surface area (Å²) in [7, 11) is 2.03. The van der Waals surface area contributed by atoms with Crippen molar-refractivity contribution >= 4 is 10.9 Å². The molecule has 0 amide bonds. The van der Waals surface area contributed by atoms with E-state index in [-0.39, 0.29) is 5.82 Å². The van der Waals surface area contributed by atoms with Crippen molar-refractivity contribution in [3.8, 4) is 0 Å². The standard InChI is InChI=1S/C11H11FN2/c1-14-10-3-2-7(12)4-8(10)9-5-13-6-11(9)14/h2-4,13H,5-6H2,1H3. The van der Waals surface area contributed by atoms with Crippen molar-refractivity contribution in [2.24, 2.45) is 7.05 Å². The fraction of sp³-hybridized carbons (Fsp3) is 0.273. The van der Waals surface area contributed by atoms with E-state index in [9.17, 15) is 4.39 Å². The number of aryl methyl sites for hydroxylation is 1. The van der Waals surface area contributed by atoms with Crippen molar-refractivity contribution in [3.63, 3.8) is 0 Å². The highest BCUT2D eigenvalue weighted by Crippen LogP contribution is 2.28. The van der Waals surface area contributed by atoms with Crippen molar-refractivity contribution in [1.82, 2.24) is 9.88 Å². The van der Waals surface area contributed by atoms with Gasteiger partial charge >= 0.3 is 0 Å². The second kappa shape index (κ2) is 2.58. The maximum absolute atomic E-state index is 13.1. The number of benzene rings is 1. The van der Waals surface area contributed by atoms with Gasteiger partial charge in [-0.3, -0.25) is 0 Å². The molecule has 1 N–H and O–H groups in total. The molecule has 0 spiro atoms. The SMILES string of the molecule is Cn1c2c(c3cc(F)ccc31)CNC2. The predicted octanol–water partition coefficient (Wildman–Crippen LogP) is 1.92. The Morgan fingerprint density at radius 1 is 1.36 bits per heavy atom. The van der Waals surface area contributed by atoms with Gasteiger partial charge in [-0.1, -0.05) is 0 Å². The van der Waals surface area contributed by atoms with E-state index in [1.54, 1.807) is 6.07 Å². The molecule has 0 saturated heterocycles. The molecule has 0 fully saturated rings. The van der Waals surface area contributed by atoms with E-state index in [2.05, 4.69) is 9.88 Å². The van der Waals surface area contributed by atoms with Gasteiger partial charge in [0.05, 0.1) is 0 Å². The summed E-state index contributed by atoms with van der Waals surface area (Å²) in [5.74, 6) is -0.155. The fourth-order valence-corrected chi connectivity index (χ4v) is 2.27. The summed E-state index contributed by atoms with van der Waals surface area (Å²) in [4.78, 5) is 0. The first-order valence-corrected chi connectivity index (χ1v) is 4.74. The zero-order chi connectivity index (χ0) is 9.71. The van der Waals surface area contributed by atoms with Crippen LogP contribution in [0, 0.1) is 5.82 Å². The lowest BCUT2D eigenvalue weighted by molar-refractivity contribution is 0.629. The molecule has 3 heteroatoms. The molecule has 0 bridgehead atoms. The van der Waals surface area contributed by atoms with Gasteiger partial charge in [0, 0.05) is 36.7 Å². The molecule has 2 aromatic rings. The number of aromatic nitrogens is 1. The third-order valence-electron chi connectivity index (χ3n) is 2.99. The molecule has 0 unspecified atom stereocenters. The highest BCUT2D eigenvalue weighted by atomic mass is 19.1. The van der Waals surface area contributed by atoms with Crippen molar-refractivity contribution in [2.75, 3.05) is 0 Å². The first-order valence-electron chi connectivity index (χ1n) is 4.74. The number of fused-ring (bicyclic) bond motifs is 3. The van der Waals surface area contributed by atoms with Crippen LogP contribution in [0.4, 0.5) is 4.39 Å². The van der Waals surface area contributed by atoms with Gasteiger partial charge in [-0.05, 0) is 23.8 Å². The Morgan fingerprint density at radius 2 is 2.21 bits per heavy atom. The molecular formula is C11H11FN2. The second-order valence-electron chi connectivity index (χ2n) is 3.75. The van der Waals surface area contributed by atoms with E-state index in [0.29, 0.717) is 0 Å². The van der Waals surface area contributed by atoms with Crippen molar-refractivity contribution in [2.45, 2.75) is 13.1 Å². The number of hydrogen-bond donors (Lipinski definition) is 1. The lowest BCUT2D eigenvalue weighted by atomic mass is 10.1. The van der Waals surface area contributed by atoms with E-state index in [0.717, 1.165) is 24.0 Å². The molecule has 72 valence electrons. The highest BCUT2D eigenvalue weighted by Gasteiger charge is 2.19. The van der Waals surface area contributed by atoms with Crippen LogP contribution in [0.2, 0.25) is 0 Å². The third kappa shape index (κ3) is 0.876. The number of rotatable bonds is 0. The average molecular weight is 190 g/mol. The van der Waals surface area contributed by atoms with Crippen LogP contribution in [-0.2, 0) is 20.1 Å². The predicted molar refractivity (Wildman–Crippen MR) is 53.4 cm³/mol. The molecule has 0 aliphatic carbocycles. The molecular weight excluding hydrogens is 179 g/mol. The van der Waals surface area contributed by atoms with Crippen LogP contribution in [0.3, 0.4) is 0 Å². The van der Waals surface area contributed by atoms with Gasteiger partial charge in [-0.2, -0.15) is 0 Å². The number of halogens is 1. The van der Waals surface area contributed by atoms with Gasteiger partial charge in [-0.15, -0.1) is 0 Å². The Bertz CT molecular complexity index is 513. The van der Waals surface area contributed by atoms with Crippen molar-refractivity contribution < 1.29 is 4.39 Å². The summed E-state index contributed by atoms with van der Waals surface area (Å²) in [6.07, 6.45) is 0. The summed E-state index contributed by atoms with van der Waals surface area (Å²) in [5, 5.41) is 4.33. The molecule has 0 saturated carbocycles. The van der Waals surface area contributed by atoms with Gasteiger partial charge in [-0.25, -0.2) is 4.39 Å². The monoisotopic (exact) mass is 190 g/mol. The Hall–Kier alpha value is -1.35. The second-order valence-corrected chi connectivity index (χ2v) is 3.75. The van der Waals surface area contributed by atoms with E-state index < -0.39 is 0 Å². The molecule has 3 rings (SSSR count). The third-order valence-corrected chi connectivity index (χ3v) is 2.99. The van der Waals surface area contributed by atoms with E-state index in [1.165, 1.54) is 17.3 Å². The van der Waals surface area contributed by atoms with Crippen LogP contribution < -0.4 is 5.32 Å². The van der Waals surface area contributed by atoms with Crippen LogP contribution in [0.5, 0.6) is 0 Å². The maximum Gasteiger partial charge on any atom is 0.123 e. The van der Waals surface area contributed by atoms with Gasteiger partial charge in [0.25, 0.3) is 0 Å². The van der Waals surface area contributed by atoms with Crippen molar-refractivity contribution in [3.05, 3.63) is 35.3 Å². The first kappa shape index (κ1) is 8.00. The van der Waals surface area contributed by atoms with Crippen LogP contribution >= 0.6 is 0 Å². The minimum Gasteiger partial charge on any atom is -0.346 e. The molecule has 1 aromatic heterocycles. The molecule has 0 radical (unpaired) electrons. The lowest BCUT2D eigenvalue weighted by Crippen LogP contribution is -2.04. The molecule has 2 heterocycles. The van der Waals surface area contributed by atoms with E-state index in [4.69, 9.17) is 0 Å². The molecule has 0 atom stereocenters. The lowest BCUT2D eigenvalue weighted by Gasteiger charge is -2.00. The number of nitrogens with zero attached hydrogens (tertiary/aromatic N) is 1. The van der Waals surface area contributed by atoms with Gasteiger partial charge in [0.2, 0.25) is 0 Å². The topological polar surface area (TPSA) is 17.0 Å². The number of hydrogen-bond acceptors (Lipinski definition) is 1. The minimum atomic E-state index is -0.155. The summed E-state index contributed by atoms with van der Waals surface area (Å²) in [6.45, 7) is 1.75. The first-order chi connectivity index (χ1) is 6.77. The average Bonchev–Trinajstić information content (AvgIpc) is 2.71. The largest absolute Gasteiger partial charge is 0.346 e. The van der Waals surface area contributed by atoms with Crippen LogP contribution in [0.25, 0.3) is 10.9 Å². The maximum atomic E-state index is 13.1. The van der Waals surface area contributed by atoms with Crippen molar-refractivity contribution in [1.29, 1.82) is 0 Å². The Balaban J connectivity index is 2.45. The summed E-state index contributed by atoms with van der Waals surface area (Å²) in [5.41, 5.74) is 3.66. The number of nitrogens with one attached hydrogen (secondary N) is 1. The van der Waals surface area contributed by atoms with Gasteiger partial charge < -0.3 is 9.88 Å². The Labute approximate surface area is 81.3 Å². The summed E-state index contributed by atoms with van der Waals surface area (Å²) >= 11 is 0. The molecule has 1 aromatic carbocycles. The van der Waals surface area contributed by atoms with Crippen LogP contribution in [-0.4, -0.2) is 4.57 Å². The quantitative estimate of drug-likeness (QED) is 0.671. The summed E-state index contributed by atoms with van der Waals surface area (Å²) in [6, 6.07) is 5.00. The molecule has 1 aliphatic heterocycles. The molecule has 2 nitrogen and oxygen atoms in total. The Morgan fingerprint density at radius 3 is 3.07 bits per heavy atom. The fourth-order valence-electron chi connectivity index (χ4n) is 2.27. The minimum absolute atomic E-state index is 0.155. The van der Waals surface area contributed by atoms with E-state index in [1.807, 2.05) is 13.1 Å². The smallest absolute Gasteiger partial charge is 0.123 e. The molecule has 1 aliphatic rings. The van der Waals surface area contributed by atoms with Gasteiger partial charge in [0.1, 0.15) is 5.82 Å². The Kier molecular flexibility index (Phi) is 1.47. The zero-order valence-corrected chi connectivity index (χ0v) is 7.97. The van der Waals surface area contributed by atoms with Crippen LogP contribution in [0.1, 0.15) is 11.3 Å². The summed E-state index contributed by atoms with van der Waals surface area (Å²) < 4.78 is 15.2. The zero-order valence-electron chi connectivity index (χ0n) is 7.97. The van der Waals surface area contributed by atoms with Gasteiger partial charge in [0.15, 0.2) is 0 Å². The van der Waals surface area contributed by atoms with E-state index >= 15 is 0 Å². The normalized spacial score (nSPS) is 15.0. The highest BCUT2D eigenvalue weighted by molar-refractivity contribution is 5.86. The molecule has 14 heavy (non-hydrogen) atoms.